The first kappa shape index (κ1) is 9.72. The van der Waals surface area contributed by atoms with E-state index in [9.17, 15) is 15.0 Å². The molecule has 0 fully saturated rings. The predicted molar refractivity (Wildman–Crippen MR) is 64.5 cm³/mol. The zero-order chi connectivity index (χ0) is 12.0. The Bertz CT molecular complexity index is 743. The molecule has 4 nitrogen and oxygen atoms in total. The summed E-state index contributed by atoms with van der Waals surface area (Å²) in [7, 11) is 0. The highest BCUT2D eigenvalue weighted by Gasteiger charge is 2.09. The smallest absolute Gasteiger partial charge is 0.153 e. The molecule has 0 aliphatic carbocycles. The molecule has 0 bridgehead atoms. The number of rotatable bonds is 1. The van der Waals surface area contributed by atoms with Gasteiger partial charge in [0, 0.05) is 22.4 Å². The van der Waals surface area contributed by atoms with Crippen molar-refractivity contribution in [1.29, 1.82) is 0 Å². The molecule has 1 aromatic heterocycles. The Morgan fingerprint density at radius 3 is 2.53 bits per heavy atom. The van der Waals surface area contributed by atoms with Crippen LogP contribution < -0.4 is 0 Å². The van der Waals surface area contributed by atoms with E-state index >= 15 is 0 Å². The number of aromatic nitrogens is 1. The first-order chi connectivity index (χ1) is 8.19. The molecule has 0 saturated carbocycles. The van der Waals surface area contributed by atoms with Crippen molar-refractivity contribution in [3.8, 4) is 11.5 Å². The highest BCUT2D eigenvalue weighted by molar-refractivity contribution is 6.09. The highest BCUT2D eigenvalue weighted by Crippen LogP contribution is 2.31. The molecule has 0 saturated heterocycles. The van der Waals surface area contributed by atoms with Crippen LogP contribution in [0.15, 0.2) is 30.3 Å². The largest absolute Gasteiger partial charge is 0.508 e. The number of H-pyrrole nitrogens is 1. The quantitative estimate of drug-likeness (QED) is 0.559. The Balaban J connectivity index is 2.50. The monoisotopic (exact) mass is 227 g/mol. The van der Waals surface area contributed by atoms with Crippen LogP contribution in [0.25, 0.3) is 21.8 Å². The van der Waals surface area contributed by atoms with Crippen LogP contribution in [-0.4, -0.2) is 21.5 Å². The average Bonchev–Trinajstić information content (AvgIpc) is 2.65. The van der Waals surface area contributed by atoms with Crippen molar-refractivity contribution >= 4 is 28.1 Å². The first-order valence-electron chi connectivity index (χ1n) is 5.11. The standard InChI is InChI=1S/C13H9NO3/c15-6-7-3-9-10-4-8(16)1-2-11(10)14-12(9)5-13(7)17/h1-6,14,16-17H. The minimum Gasteiger partial charge on any atom is -0.508 e. The summed E-state index contributed by atoms with van der Waals surface area (Å²) >= 11 is 0. The molecule has 0 aliphatic rings. The number of carbonyl (C=O) groups excluding carboxylic acids is 1. The van der Waals surface area contributed by atoms with E-state index in [2.05, 4.69) is 4.98 Å². The number of hydrogen-bond donors (Lipinski definition) is 3. The van der Waals surface area contributed by atoms with Gasteiger partial charge < -0.3 is 15.2 Å². The molecule has 84 valence electrons. The van der Waals surface area contributed by atoms with Crippen molar-refractivity contribution in [1.82, 2.24) is 4.98 Å². The maximum Gasteiger partial charge on any atom is 0.153 e. The van der Waals surface area contributed by atoms with E-state index in [1.165, 1.54) is 6.07 Å². The minimum absolute atomic E-state index is 0.0525. The van der Waals surface area contributed by atoms with Crippen LogP contribution in [0.1, 0.15) is 10.4 Å². The molecule has 0 aliphatic heterocycles. The van der Waals surface area contributed by atoms with Crippen LogP contribution in [-0.2, 0) is 0 Å². The fourth-order valence-corrected chi connectivity index (χ4v) is 2.03. The fraction of sp³-hybridized carbons (Fsp3) is 0. The Morgan fingerprint density at radius 1 is 1.00 bits per heavy atom. The van der Waals surface area contributed by atoms with Gasteiger partial charge in [0.15, 0.2) is 6.29 Å². The average molecular weight is 227 g/mol. The van der Waals surface area contributed by atoms with E-state index in [1.54, 1.807) is 24.3 Å². The Labute approximate surface area is 96.1 Å². The lowest BCUT2D eigenvalue weighted by Gasteiger charge is -1.97. The Morgan fingerprint density at radius 2 is 1.76 bits per heavy atom. The van der Waals surface area contributed by atoms with Crippen molar-refractivity contribution in [2.24, 2.45) is 0 Å². The maximum absolute atomic E-state index is 10.8. The second-order valence-electron chi connectivity index (χ2n) is 3.93. The number of aldehydes is 1. The maximum atomic E-state index is 10.8. The van der Waals surface area contributed by atoms with E-state index < -0.39 is 0 Å². The summed E-state index contributed by atoms with van der Waals surface area (Å²) < 4.78 is 0. The number of nitrogens with one attached hydrogen (secondary N) is 1. The van der Waals surface area contributed by atoms with Crippen molar-refractivity contribution in [3.63, 3.8) is 0 Å². The molecule has 3 aromatic rings. The van der Waals surface area contributed by atoms with Crippen molar-refractivity contribution in [2.75, 3.05) is 0 Å². The van der Waals surface area contributed by atoms with Crippen LogP contribution >= 0.6 is 0 Å². The minimum atomic E-state index is -0.0525. The van der Waals surface area contributed by atoms with Gasteiger partial charge in [0.25, 0.3) is 0 Å². The summed E-state index contributed by atoms with van der Waals surface area (Å²) in [6, 6.07) is 8.08. The number of hydrogen-bond acceptors (Lipinski definition) is 3. The molecule has 2 aromatic carbocycles. The molecule has 0 atom stereocenters. The van der Waals surface area contributed by atoms with Gasteiger partial charge in [0.2, 0.25) is 0 Å². The zero-order valence-electron chi connectivity index (χ0n) is 8.77. The zero-order valence-corrected chi connectivity index (χ0v) is 8.77. The molecule has 4 heteroatoms. The second-order valence-corrected chi connectivity index (χ2v) is 3.93. The van der Waals surface area contributed by atoms with Gasteiger partial charge in [-0.25, -0.2) is 0 Å². The summed E-state index contributed by atoms with van der Waals surface area (Å²) in [5, 5.41) is 20.7. The fourth-order valence-electron chi connectivity index (χ4n) is 2.03. The molecule has 0 amide bonds. The van der Waals surface area contributed by atoms with Gasteiger partial charge in [-0.05, 0) is 24.3 Å². The molecule has 0 radical (unpaired) electrons. The summed E-state index contributed by atoms with van der Waals surface area (Å²) in [6.07, 6.45) is 0.608. The number of phenols is 2. The number of carbonyl (C=O) groups is 1. The van der Waals surface area contributed by atoms with Crippen LogP contribution in [0.5, 0.6) is 11.5 Å². The lowest BCUT2D eigenvalue weighted by molar-refractivity contribution is 0.112. The molecule has 3 rings (SSSR count). The summed E-state index contributed by atoms with van der Waals surface area (Å²) in [5.41, 5.74) is 1.82. The van der Waals surface area contributed by atoms with Gasteiger partial charge in [-0.3, -0.25) is 4.79 Å². The van der Waals surface area contributed by atoms with E-state index in [0.717, 1.165) is 21.8 Å². The molecule has 0 unspecified atom stereocenters. The van der Waals surface area contributed by atoms with E-state index in [-0.39, 0.29) is 17.1 Å². The highest BCUT2D eigenvalue weighted by atomic mass is 16.3. The molecule has 3 N–H and O–H groups in total. The lowest BCUT2D eigenvalue weighted by Crippen LogP contribution is -1.80. The van der Waals surface area contributed by atoms with E-state index in [4.69, 9.17) is 0 Å². The Kier molecular flexibility index (Phi) is 1.86. The summed E-state index contributed by atoms with van der Waals surface area (Å²) in [5.74, 6) is 0.113. The summed E-state index contributed by atoms with van der Waals surface area (Å²) in [4.78, 5) is 13.9. The van der Waals surface area contributed by atoms with Gasteiger partial charge in [-0.2, -0.15) is 0 Å². The SMILES string of the molecule is O=Cc1cc2c(cc1O)[nH]c1ccc(O)cc12. The van der Waals surface area contributed by atoms with Crippen molar-refractivity contribution in [2.45, 2.75) is 0 Å². The normalized spacial score (nSPS) is 11.1. The second kappa shape index (κ2) is 3.25. The number of benzene rings is 2. The topological polar surface area (TPSA) is 73.3 Å². The van der Waals surface area contributed by atoms with Crippen LogP contribution in [0, 0.1) is 0 Å². The summed E-state index contributed by atoms with van der Waals surface area (Å²) in [6.45, 7) is 0. The number of phenolic OH excluding ortho intramolecular Hbond substituents is 2. The molecular formula is C13H9NO3. The Hall–Kier alpha value is -2.49. The predicted octanol–water partition coefficient (Wildman–Crippen LogP) is 2.54. The molecule has 0 spiro atoms. The molecular weight excluding hydrogens is 218 g/mol. The van der Waals surface area contributed by atoms with E-state index in [0.29, 0.717) is 6.29 Å². The molecule has 17 heavy (non-hydrogen) atoms. The lowest BCUT2D eigenvalue weighted by atomic mass is 10.1. The molecule has 1 heterocycles. The third kappa shape index (κ3) is 1.34. The van der Waals surface area contributed by atoms with Gasteiger partial charge >= 0.3 is 0 Å². The van der Waals surface area contributed by atoms with Crippen LogP contribution in [0.2, 0.25) is 0 Å². The van der Waals surface area contributed by atoms with Gasteiger partial charge in [0.1, 0.15) is 11.5 Å². The third-order valence-electron chi connectivity index (χ3n) is 2.86. The van der Waals surface area contributed by atoms with Crippen molar-refractivity contribution in [3.05, 3.63) is 35.9 Å². The third-order valence-corrected chi connectivity index (χ3v) is 2.86. The number of aromatic hydroxyl groups is 2. The van der Waals surface area contributed by atoms with Crippen LogP contribution in [0.4, 0.5) is 0 Å². The van der Waals surface area contributed by atoms with Crippen LogP contribution in [0.3, 0.4) is 0 Å². The van der Waals surface area contributed by atoms with Crippen molar-refractivity contribution < 1.29 is 15.0 Å². The van der Waals surface area contributed by atoms with Gasteiger partial charge in [-0.15, -0.1) is 0 Å². The van der Waals surface area contributed by atoms with Gasteiger partial charge in [0.05, 0.1) is 11.1 Å². The first-order valence-corrected chi connectivity index (χ1v) is 5.11. The number of aromatic amines is 1. The number of fused-ring (bicyclic) bond motifs is 3. The van der Waals surface area contributed by atoms with Gasteiger partial charge in [-0.1, -0.05) is 0 Å². The van der Waals surface area contributed by atoms with E-state index in [1.807, 2.05) is 0 Å².